The number of ether oxygens (including phenoxy) is 1. The fraction of sp³-hybridized carbons (Fsp3) is 0.938. The lowest BCUT2D eigenvalue weighted by Gasteiger charge is -2.35. The highest BCUT2D eigenvalue weighted by molar-refractivity contribution is 5.80. The van der Waals surface area contributed by atoms with Crippen molar-refractivity contribution >= 4 is 5.91 Å². The molecule has 1 atom stereocenters. The monoisotopic (exact) mass is 338 g/mol. The Morgan fingerprint density at radius 2 is 1.96 bits per heavy atom. The van der Waals surface area contributed by atoms with E-state index < -0.39 is 18.9 Å². The van der Waals surface area contributed by atoms with Gasteiger partial charge in [0.15, 0.2) is 0 Å². The molecule has 136 valence electrons. The van der Waals surface area contributed by atoms with E-state index in [-0.39, 0.29) is 5.91 Å². The van der Waals surface area contributed by atoms with E-state index in [2.05, 4.69) is 23.6 Å². The molecule has 0 spiro atoms. The minimum Gasteiger partial charge on any atom is -0.359 e. The Labute approximate surface area is 136 Å². The van der Waals surface area contributed by atoms with Crippen molar-refractivity contribution in [3.63, 3.8) is 0 Å². The molecule has 0 N–H and O–H groups in total. The third-order valence-corrected chi connectivity index (χ3v) is 4.23. The Morgan fingerprint density at radius 3 is 2.48 bits per heavy atom. The van der Waals surface area contributed by atoms with Crippen LogP contribution in [0.5, 0.6) is 0 Å². The van der Waals surface area contributed by atoms with Gasteiger partial charge < -0.3 is 14.5 Å². The van der Waals surface area contributed by atoms with Gasteiger partial charge in [0.2, 0.25) is 0 Å². The van der Waals surface area contributed by atoms with Gasteiger partial charge in [0.25, 0.3) is 5.91 Å². The van der Waals surface area contributed by atoms with Crippen molar-refractivity contribution in [2.24, 2.45) is 5.92 Å². The molecule has 0 aromatic rings. The zero-order chi connectivity index (χ0) is 17.5. The maximum absolute atomic E-state index is 12.1. The molecule has 4 nitrogen and oxygen atoms in total. The fourth-order valence-corrected chi connectivity index (χ4v) is 2.84. The quantitative estimate of drug-likeness (QED) is 0.682. The van der Waals surface area contributed by atoms with Gasteiger partial charge in [-0.2, -0.15) is 13.2 Å². The lowest BCUT2D eigenvalue weighted by molar-refractivity contribution is -0.188. The van der Waals surface area contributed by atoms with Gasteiger partial charge in [-0.3, -0.25) is 4.79 Å². The number of likely N-dealkylation sites (tertiary alicyclic amines) is 1. The van der Waals surface area contributed by atoms with Crippen molar-refractivity contribution in [1.82, 2.24) is 9.80 Å². The van der Waals surface area contributed by atoms with E-state index in [0.717, 1.165) is 25.9 Å². The summed E-state index contributed by atoms with van der Waals surface area (Å²) in [5, 5.41) is 0. The van der Waals surface area contributed by atoms with Crippen LogP contribution in [0.3, 0.4) is 0 Å². The molecule has 7 heteroatoms. The third-order valence-electron chi connectivity index (χ3n) is 4.23. The van der Waals surface area contributed by atoms with Gasteiger partial charge in [-0.25, -0.2) is 0 Å². The van der Waals surface area contributed by atoms with Gasteiger partial charge in [0.1, 0.15) is 12.7 Å². The molecule has 1 aliphatic rings. The van der Waals surface area contributed by atoms with Crippen LogP contribution in [-0.4, -0.2) is 67.8 Å². The maximum atomic E-state index is 12.1. The van der Waals surface area contributed by atoms with Gasteiger partial charge in [0, 0.05) is 19.6 Å². The van der Waals surface area contributed by atoms with E-state index in [1.54, 1.807) is 4.90 Å². The highest BCUT2D eigenvalue weighted by Gasteiger charge is 2.32. The summed E-state index contributed by atoms with van der Waals surface area (Å²) in [6, 6.07) is 0. The van der Waals surface area contributed by atoms with Crippen LogP contribution < -0.4 is 0 Å². The number of piperidine rings is 1. The number of hydrogen-bond donors (Lipinski definition) is 0. The fourth-order valence-electron chi connectivity index (χ4n) is 2.84. The predicted molar refractivity (Wildman–Crippen MR) is 83.2 cm³/mol. The first-order valence-corrected chi connectivity index (χ1v) is 8.38. The van der Waals surface area contributed by atoms with Crippen molar-refractivity contribution in [1.29, 1.82) is 0 Å². The van der Waals surface area contributed by atoms with Crippen molar-refractivity contribution in [2.45, 2.75) is 51.8 Å². The van der Waals surface area contributed by atoms with Gasteiger partial charge in [-0.1, -0.05) is 13.3 Å². The Bertz CT molecular complexity index is 356. The number of carbonyl (C=O) groups is 1. The second kappa shape index (κ2) is 9.47. The summed E-state index contributed by atoms with van der Waals surface area (Å²) < 4.78 is 41.0. The lowest BCUT2D eigenvalue weighted by Crippen LogP contribution is -2.45. The van der Waals surface area contributed by atoms with E-state index in [9.17, 15) is 18.0 Å². The highest BCUT2D eigenvalue weighted by atomic mass is 19.4. The normalized spacial score (nSPS) is 18.5. The molecule has 0 aliphatic carbocycles. The summed E-state index contributed by atoms with van der Waals surface area (Å²) in [6.45, 7) is 5.48. The zero-order valence-corrected chi connectivity index (χ0v) is 14.4. The molecule has 0 saturated carbocycles. The molecule has 1 saturated heterocycles. The van der Waals surface area contributed by atoms with E-state index in [1.807, 2.05) is 0 Å². The summed E-state index contributed by atoms with van der Waals surface area (Å²) in [4.78, 5) is 16.1. The molecule has 0 radical (unpaired) electrons. The number of amides is 1. The van der Waals surface area contributed by atoms with Gasteiger partial charge >= 0.3 is 6.18 Å². The van der Waals surface area contributed by atoms with Crippen LogP contribution in [0.1, 0.15) is 39.5 Å². The van der Waals surface area contributed by atoms with Crippen LogP contribution in [0.15, 0.2) is 0 Å². The summed E-state index contributed by atoms with van der Waals surface area (Å²) >= 11 is 0. The molecule has 1 fully saturated rings. The molecule has 1 rings (SSSR count). The van der Waals surface area contributed by atoms with E-state index in [4.69, 9.17) is 0 Å². The predicted octanol–water partition coefficient (Wildman–Crippen LogP) is 2.92. The first-order valence-electron chi connectivity index (χ1n) is 8.38. The topological polar surface area (TPSA) is 32.8 Å². The van der Waals surface area contributed by atoms with Crippen LogP contribution in [0.2, 0.25) is 0 Å². The number of unbranched alkanes of at least 4 members (excludes halogenated alkanes) is 1. The number of nitrogens with zero attached hydrogens (tertiary/aromatic N) is 2. The number of rotatable bonds is 8. The SMILES string of the molecule is CCCCN(C)CC1CCN(C(=O)C(C)OCC(F)(F)F)CC1. The molecule has 0 bridgehead atoms. The Balaban J connectivity index is 2.30. The van der Waals surface area contributed by atoms with E-state index in [1.165, 1.54) is 19.8 Å². The summed E-state index contributed by atoms with van der Waals surface area (Å²) in [6.07, 6.45) is -1.29. The smallest absolute Gasteiger partial charge is 0.359 e. The molecule has 1 heterocycles. The summed E-state index contributed by atoms with van der Waals surface area (Å²) in [5.74, 6) is 0.208. The molecule has 1 aliphatic heterocycles. The molecule has 0 aromatic carbocycles. The Kier molecular flexibility index (Phi) is 8.33. The molecular weight excluding hydrogens is 309 g/mol. The van der Waals surface area contributed by atoms with Crippen molar-refractivity contribution in [3.05, 3.63) is 0 Å². The first-order chi connectivity index (χ1) is 10.7. The van der Waals surface area contributed by atoms with E-state index >= 15 is 0 Å². The van der Waals surface area contributed by atoms with Crippen LogP contribution in [0, 0.1) is 5.92 Å². The maximum Gasteiger partial charge on any atom is 0.411 e. The Hall–Kier alpha value is -0.820. The second-order valence-corrected chi connectivity index (χ2v) is 6.45. The summed E-state index contributed by atoms with van der Waals surface area (Å²) in [5.41, 5.74) is 0. The van der Waals surface area contributed by atoms with Crippen LogP contribution in [0.25, 0.3) is 0 Å². The minimum absolute atomic E-state index is 0.341. The van der Waals surface area contributed by atoms with Crippen molar-refractivity contribution < 1.29 is 22.7 Å². The van der Waals surface area contributed by atoms with Crippen LogP contribution >= 0.6 is 0 Å². The second-order valence-electron chi connectivity index (χ2n) is 6.45. The largest absolute Gasteiger partial charge is 0.411 e. The Morgan fingerprint density at radius 1 is 1.35 bits per heavy atom. The van der Waals surface area contributed by atoms with Crippen LogP contribution in [0.4, 0.5) is 13.2 Å². The standard InChI is InChI=1S/C16H29F3N2O2/c1-4-5-8-20(3)11-14-6-9-21(10-7-14)15(22)13(2)23-12-16(17,18)19/h13-14H,4-12H2,1-3H3. The number of carbonyl (C=O) groups excluding carboxylic acids is 1. The molecule has 1 unspecified atom stereocenters. The van der Waals surface area contributed by atoms with Crippen molar-refractivity contribution in [2.75, 3.05) is 39.8 Å². The third kappa shape index (κ3) is 8.01. The first kappa shape index (κ1) is 20.2. The van der Waals surface area contributed by atoms with Crippen molar-refractivity contribution in [3.8, 4) is 0 Å². The molecule has 0 aromatic heterocycles. The number of hydrogen-bond acceptors (Lipinski definition) is 3. The van der Waals surface area contributed by atoms with Gasteiger partial charge in [-0.05, 0) is 45.7 Å². The highest BCUT2D eigenvalue weighted by Crippen LogP contribution is 2.20. The molecular formula is C16H29F3N2O2. The van der Waals surface area contributed by atoms with E-state index in [0.29, 0.717) is 19.0 Å². The number of halogens is 3. The average Bonchev–Trinajstić information content (AvgIpc) is 2.50. The van der Waals surface area contributed by atoms with Gasteiger partial charge in [0.05, 0.1) is 0 Å². The summed E-state index contributed by atoms with van der Waals surface area (Å²) in [7, 11) is 2.11. The average molecular weight is 338 g/mol. The number of alkyl halides is 3. The zero-order valence-electron chi connectivity index (χ0n) is 14.4. The minimum atomic E-state index is -4.40. The lowest BCUT2D eigenvalue weighted by atomic mass is 9.96. The van der Waals surface area contributed by atoms with Crippen LogP contribution in [-0.2, 0) is 9.53 Å². The molecule has 1 amide bonds. The van der Waals surface area contributed by atoms with Gasteiger partial charge in [-0.15, -0.1) is 0 Å². The molecule has 23 heavy (non-hydrogen) atoms.